The molecule has 3 amide bonds. The maximum absolute atomic E-state index is 13.1. The number of anilines is 3. The molecule has 1 fully saturated rings. The van der Waals surface area contributed by atoms with Gasteiger partial charge in [-0.15, -0.1) is 11.8 Å². The van der Waals surface area contributed by atoms with E-state index in [-0.39, 0.29) is 24.3 Å². The van der Waals surface area contributed by atoms with Gasteiger partial charge in [-0.3, -0.25) is 19.3 Å². The molecule has 0 spiro atoms. The van der Waals surface area contributed by atoms with Crippen molar-refractivity contribution in [3.05, 3.63) is 78.0 Å². The first kappa shape index (κ1) is 22.2. The van der Waals surface area contributed by atoms with Crippen molar-refractivity contribution in [3.63, 3.8) is 0 Å². The molecule has 0 bridgehead atoms. The molecule has 34 heavy (non-hydrogen) atoms. The molecule has 0 radical (unpaired) electrons. The van der Waals surface area contributed by atoms with Crippen LogP contribution in [0.3, 0.4) is 0 Å². The summed E-state index contributed by atoms with van der Waals surface area (Å²) in [5, 5.41) is 6.95. The molecule has 2 N–H and O–H groups in total. The SMILES string of the molecule is O=C1CN(C(=O)c2ccc(NC(=O)c3cccnc3SC3CCCC3)cc2)c2ccccc2N1. The fraction of sp³-hybridized carbons (Fsp3) is 0.231. The lowest BCUT2D eigenvalue weighted by atomic mass is 10.1. The molecule has 0 atom stereocenters. The number of pyridine rings is 1. The third-order valence-corrected chi connectivity index (χ3v) is 7.36. The van der Waals surface area contributed by atoms with E-state index in [2.05, 4.69) is 15.6 Å². The molecule has 3 aromatic rings. The van der Waals surface area contributed by atoms with E-state index in [4.69, 9.17) is 0 Å². The summed E-state index contributed by atoms with van der Waals surface area (Å²) in [6.07, 6.45) is 6.48. The van der Waals surface area contributed by atoms with Gasteiger partial charge in [0.25, 0.3) is 11.8 Å². The summed E-state index contributed by atoms with van der Waals surface area (Å²) >= 11 is 1.68. The number of aromatic nitrogens is 1. The highest BCUT2D eigenvalue weighted by Crippen LogP contribution is 2.35. The van der Waals surface area contributed by atoms with Crippen LogP contribution >= 0.6 is 11.8 Å². The average molecular weight is 473 g/mol. The van der Waals surface area contributed by atoms with Crippen molar-refractivity contribution in [3.8, 4) is 0 Å². The minimum atomic E-state index is -0.275. The Labute approximate surface area is 202 Å². The molecule has 0 saturated heterocycles. The molecule has 1 saturated carbocycles. The number of hydrogen-bond acceptors (Lipinski definition) is 5. The highest BCUT2D eigenvalue weighted by molar-refractivity contribution is 7.99. The van der Waals surface area contributed by atoms with Crippen molar-refractivity contribution >= 4 is 46.5 Å². The van der Waals surface area contributed by atoms with Crippen LogP contribution in [-0.4, -0.2) is 34.5 Å². The van der Waals surface area contributed by atoms with Gasteiger partial charge in [-0.1, -0.05) is 25.0 Å². The van der Waals surface area contributed by atoms with Crippen LogP contribution in [0.2, 0.25) is 0 Å². The molecule has 172 valence electrons. The first-order valence-corrected chi connectivity index (χ1v) is 12.2. The highest BCUT2D eigenvalue weighted by Gasteiger charge is 2.27. The number of nitrogens with zero attached hydrogens (tertiary/aromatic N) is 2. The van der Waals surface area contributed by atoms with Crippen molar-refractivity contribution < 1.29 is 14.4 Å². The summed E-state index contributed by atoms with van der Waals surface area (Å²) in [4.78, 5) is 44.0. The van der Waals surface area contributed by atoms with Gasteiger partial charge in [0.05, 0.1) is 16.9 Å². The van der Waals surface area contributed by atoms with Crippen molar-refractivity contribution in [1.29, 1.82) is 0 Å². The van der Waals surface area contributed by atoms with Gasteiger partial charge in [-0.05, 0) is 61.4 Å². The topological polar surface area (TPSA) is 91.4 Å². The predicted octanol–water partition coefficient (Wildman–Crippen LogP) is 4.97. The number of fused-ring (bicyclic) bond motifs is 1. The lowest BCUT2D eigenvalue weighted by Gasteiger charge is -2.29. The van der Waals surface area contributed by atoms with Gasteiger partial charge in [0.15, 0.2) is 0 Å². The quantitative estimate of drug-likeness (QED) is 0.547. The summed E-state index contributed by atoms with van der Waals surface area (Å²) < 4.78 is 0. The van der Waals surface area contributed by atoms with Gasteiger partial charge in [-0.25, -0.2) is 4.98 Å². The largest absolute Gasteiger partial charge is 0.323 e. The van der Waals surface area contributed by atoms with Gasteiger partial charge in [0.2, 0.25) is 5.91 Å². The maximum Gasteiger partial charge on any atom is 0.258 e. The van der Waals surface area contributed by atoms with Gasteiger partial charge in [0, 0.05) is 22.7 Å². The molecular formula is C26H24N4O3S. The Bertz CT molecular complexity index is 1240. The van der Waals surface area contributed by atoms with Crippen molar-refractivity contribution in [2.75, 3.05) is 22.1 Å². The summed E-state index contributed by atoms with van der Waals surface area (Å²) in [7, 11) is 0. The summed E-state index contributed by atoms with van der Waals surface area (Å²) in [5.41, 5.74) is 2.84. The lowest BCUT2D eigenvalue weighted by Crippen LogP contribution is -2.42. The molecule has 7 nitrogen and oxygen atoms in total. The van der Waals surface area contributed by atoms with Gasteiger partial charge in [0.1, 0.15) is 11.6 Å². The zero-order valence-corrected chi connectivity index (χ0v) is 19.3. The van der Waals surface area contributed by atoms with E-state index in [1.54, 1.807) is 66.5 Å². The standard InChI is InChI=1S/C26H24N4O3S/c31-23-16-30(22-10-4-3-9-21(22)29-23)26(33)17-11-13-18(14-12-17)28-24(32)20-8-5-15-27-25(20)34-19-6-1-2-7-19/h3-5,8-15,19H,1-2,6-7,16H2,(H,28,32)(H,29,31). The zero-order chi connectivity index (χ0) is 23.5. The van der Waals surface area contributed by atoms with E-state index in [1.807, 2.05) is 12.1 Å². The number of amides is 3. The molecule has 2 aromatic carbocycles. The Morgan fingerprint density at radius 1 is 1.00 bits per heavy atom. The molecule has 1 aliphatic heterocycles. The van der Waals surface area contributed by atoms with Gasteiger partial charge in [-0.2, -0.15) is 0 Å². The molecule has 8 heteroatoms. The third kappa shape index (κ3) is 4.68. The Hall–Kier alpha value is -3.65. The number of benzene rings is 2. The van der Waals surface area contributed by atoms with Crippen LogP contribution in [0.1, 0.15) is 46.4 Å². The summed E-state index contributed by atoms with van der Waals surface area (Å²) in [6.45, 7) is -0.0449. The minimum absolute atomic E-state index is 0.0449. The fourth-order valence-electron chi connectivity index (χ4n) is 4.29. The van der Waals surface area contributed by atoms with Crippen molar-refractivity contribution in [1.82, 2.24) is 4.98 Å². The molecule has 1 aliphatic carbocycles. The Kier molecular flexibility index (Phi) is 6.31. The lowest BCUT2D eigenvalue weighted by molar-refractivity contribution is -0.115. The Morgan fingerprint density at radius 3 is 2.56 bits per heavy atom. The first-order valence-electron chi connectivity index (χ1n) is 11.3. The first-order chi connectivity index (χ1) is 16.6. The monoisotopic (exact) mass is 472 g/mol. The Balaban J connectivity index is 1.30. The number of thioether (sulfide) groups is 1. The molecule has 5 rings (SSSR count). The van der Waals surface area contributed by atoms with Crippen molar-refractivity contribution in [2.45, 2.75) is 36.0 Å². The summed E-state index contributed by atoms with van der Waals surface area (Å²) in [6, 6.07) is 17.5. The van der Waals surface area contributed by atoms with E-state index in [1.165, 1.54) is 17.7 Å². The average Bonchev–Trinajstić information content (AvgIpc) is 3.37. The summed E-state index contributed by atoms with van der Waals surface area (Å²) in [5.74, 6) is -0.740. The van der Waals surface area contributed by atoms with E-state index >= 15 is 0 Å². The van der Waals surface area contributed by atoms with Crippen LogP contribution in [0.4, 0.5) is 17.1 Å². The van der Waals surface area contributed by atoms with Gasteiger partial charge < -0.3 is 10.6 Å². The number of hydrogen-bond donors (Lipinski definition) is 2. The molecule has 2 aliphatic rings. The second kappa shape index (κ2) is 9.69. The van der Waals surface area contributed by atoms with Crippen molar-refractivity contribution in [2.24, 2.45) is 0 Å². The minimum Gasteiger partial charge on any atom is -0.323 e. The fourth-order valence-corrected chi connectivity index (χ4v) is 5.58. The number of carbonyl (C=O) groups is 3. The number of nitrogens with one attached hydrogen (secondary N) is 2. The molecule has 0 unspecified atom stereocenters. The molecular weight excluding hydrogens is 448 g/mol. The highest BCUT2D eigenvalue weighted by atomic mass is 32.2. The van der Waals surface area contributed by atoms with E-state index in [0.29, 0.717) is 33.4 Å². The predicted molar refractivity (Wildman–Crippen MR) is 133 cm³/mol. The number of rotatable bonds is 5. The second-order valence-electron chi connectivity index (χ2n) is 8.37. The Morgan fingerprint density at radius 2 is 1.76 bits per heavy atom. The maximum atomic E-state index is 13.1. The van der Waals surface area contributed by atoms with Crippen LogP contribution in [0.5, 0.6) is 0 Å². The van der Waals surface area contributed by atoms with Gasteiger partial charge >= 0.3 is 0 Å². The molecule has 2 heterocycles. The second-order valence-corrected chi connectivity index (χ2v) is 9.66. The van der Waals surface area contributed by atoms with Crippen LogP contribution in [0.15, 0.2) is 71.9 Å². The number of carbonyl (C=O) groups excluding carboxylic acids is 3. The normalized spacial score (nSPS) is 15.5. The number of para-hydroxylation sites is 2. The van der Waals surface area contributed by atoms with Crippen LogP contribution < -0.4 is 15.5 Å². The third-order valence-electron chi connectivity index (χ3n) is 6.00. The molecule has 1 aromatic heterocycles. The smallest absolute Gasteiger partial charge is 0.258 e. The van der Waals surface area contributed by atoms with E-state index in [9.17, 15) is 14.4 Å². The van der Waals surface area contributed by atoms with Crippen LogP contribution in [-0.2, 0) is 4.79 Å². The van der Waals surface area contributed by atoms with Crippen LogP contribution in [0, 0.1) is 0 Å². The van der Waals surface area contributed by atoms with E-state index < -0.39 is 0 Å². The zero-order valence-electron chi connectivity index (χ0n) is 18.5. The van der Waals surface area contributed by atoms with Crippen LogP contribution in [0.25, 0.3) is 0 Å². The van der Waals surface area contributed by atoms with E-state index in [0.717, 1.165) is 17.9 Å².